The Balaban J connectivity index is 3.45. The summed E-state index contributed by atoms with van der Waals surface area (Å²) in [6.07, 6.45) is 3.24. The van der Waals surface area contributed by atoms with E-state index in [1.54, 1.807) is 30.9 Å². The molecule has 0 heterocycles. The highest BCUT2D eigenvalue weighted by molar-refractivity contribution is 7.71. The van der Waals surface area contributed by atoms with Crippen LogP contribution < -0.4 is 5.50 Å². The monoisotopic (exact) mass is 266 g/mol. The van der Waals surface area contributed by atoms with E-state index in [0.29, 0.717) is 12.0 Å². The predicted octanol–water partition coefficient (Wildman–Crippen LogP) is 3.52. The lowest BCUT2D eigenvalue weighted by Gasteiger charge is -2.16. The molecular formula is C14H21NO2P+. The first-order valence-electron chi connectivity index (χ1n) is 5.94. The summed E-state index contributed by atoms with van der Waals surface area (Å²) in [7, 11) is -2.60. The summed E-state index contributed by atoms with van der Waals surface area (Å²) in [4.78, 5) is 10.2. The van der Waals surface area contributed by atoms with Crippen molar-refractivity contribution in [3.8, 4) is 5.75 Å². The number of phenols is 1. The molecule has 0 radical (unpaired) electrons. The summed E-state index contributed by atoms with van der Waals surface area (Å²) in [5.41, 5.74) is 7.32. The van der Waals surface area contributed by atoms with Crippen LogP contribution in [0.2, 0.25) is 0 Å². The average molecular weight is 266 g/mol. The number of nitrogens with two attached hydrogens (primary N) is 1. The van der Waals surface area contributed by atoms with Crippen LogP contribution in [-0.2, 0) is 0 Å². The van der Waals surface area contributed by atoms with Gasteiger partial charge in [-0.2, -0.15) is 5.50 Å². The van der Waals surface area contributed by atoms with E-state index in [9.17, 15) is 10.00 Å². The van der Waals surface area contributed by atoms with Gasteiger partial charge in [-0.3, -0.25) is 0 Å². The van der Waals surface area contributed by atoms with E-state index in [1.165, 1.54) is 0 Å². The Kier molecular flexibility index (Phi) is 5.09. The highest BCUT2D eigenvalue weighted by Gasteiger charge is 2.32. The lowest BCUT2D eigenvalue weighted by atomic mass is 10.0. The zero-order valence-corrected chi connectivity index (χ0v) is 11.8. The van der Waals surface area contributed by atoms with E-state index < -0.39 is 7.64 Å². The van der Waals surface area contributed by atoms with Crippen LogP contribution >= 0.6 is 7.64 Å². The number of benzene rings is 1. The molecule has 0 aliphatic rings. The molecule has 0 aliphatic heterocycles. The van der Waals surface area contributed by atoms with Gasteiger partial charge in [0.2, 0.25) is 7.64 Å². The van der Waals surface area contributed by atoms with Gasteiger partial charge in [-0.25, -0.2) is 4.89 Å². The molecular weight excluding hydrogens is 245 g/mol. The third-order valence-electron chi connectivity index (χ3n) is 2.74. The standard InChI is InChI=1S/C14H20NO2P/c1-4-8-14(18(3,15)17)11(5-2)12-9-6-7-10-13(12)16/h5-7,9-10,17H,2,4,8,15H2,1,3H3/p+1/b14-11-. The molecule has 3 nitrogen and oxygen atoms in total. The Morgan fingerprint density at radius 2 is 2.06 bits per heavy atom. The van der Waals surface area contributed by atoms with E-state index in [1.807, 2.05) is 13.0 Å². The number of aromatic hydroxyl groups is 1. The normalized spacial score (nSPS) is 15.8. The quantitative estimate of drug-likeness (QED) is 0.564. The Hall–Kier alpha value is -1.15. The van der Waals surface area contributed by atoms with Gasteiger partial charge in [0.25, 0.3) is 0 Å². The average Bonchev–Trinajstić information content (AvgIpc) is 2.30. The first-order chi connectivity index (χ1) is 8.41. The van der Waals surface area contributed by atoms with Crippen LogP contribution in [0, 0.1) is 0 Å². The van der Waals surface area contributed by atoms with Crippen LogP contribution in [0.3, 0.4) is 0 Å². The molecule has 1 aromatic carbocycles. The minimum Gasteiger partial charge on any atom is -0.507 e. The van der Waals surface area contributed by atoms with E-state index in [0.717, 1.165) is 17.3 Å². The minimum absolute atomic E-state index is 0.175. The van der Waals surface area contributed by atoms with Crippen LogP contribution in [0.15, 0.2) is 42.2 Å². The van der Waals surface area contributed by atoms with Crippen LogP contribution in [-0.4, -0.2) is 16.7 Å². The molecule has 0 saturated heterocycles. The maximum atomic E-state index is 10.2. The van der Waals surface area contributed by atoms with Crippen molar-refractivity contribution in [1.29, 1.82) is 0 Å². The first kappa shape index (κ1) is 14.9. The fourth-order valence-corrected chi connectivity index (χ4v) is 3.30. The fourth-order valence-electron chi connectivity index (χ4n) is 1.93. The van der Waals surface area contributed by atoms with Crippen LogP contribution in [0.1, 0.15) is 25.3 Å². The van der Waals surface area contributed by atoms with Crippen molar-refractivity contribution in [3.05, 3.63) is 47.8 Å². The van der Waals surface area contributed by atoms with Gasteiger partial charge >= 0.3 is 0 Å². The van der Waals surface area contributed by atoms with E-state index in [2.05, 4.69) is 6.58 Å². The molecule has 0 fully saturated rings. The third kappa shape index (κ3) is 3.42. The van der Waals surface area contributed by atoms with Gasteiger partial charge in [-0.15, -0.1) is 0 Å². The van der Waals surface area contributed by atoms with E-state index >= 15 is 0 Å². The van der Waals surface area contributed by atoms with Crippen molar-refractivity contribution in [2.24, 2.45) is 5.50 Å². The molecule has 0 spiro atoms. The summed E-state index contributed by atoms with van der Waals surface area (Å²) in [5, 5.41) is 10.7. The second-order valence-corrected chi connectivity index (χ2v) is 6.95. The molecule has 1 unspecified atom stereocenters. The Labute approximate surface area is 109 Å². The maximum absolute atomic E-state index is 10.2. The topological polar surface area (TPSA) is 66.5 Å². The van der Waals surface area contributed by atoms with Gasteiger partial charge in [-0.1, -0.05) is 37.8 Å². The molecule has 0 bridgehead atoms. The van der Waals surface area contributed by atoms with Gasteiger partial charge in [0, 0.05) is 17.6 Å². The first-order valence-corrected chi connectivity index (χ1v) is 8.20. The Bertz CT molecular complexity index is 461. The summed E-state index contributed by atoms with van der Waals surface area (Å²) < 4.78 is 0. The zero-order valence-electron chi connectivity index (χ0n) is 10.9. The molecule has 18 heavy (non-hydrogen) atoms. The number of allylic oxidation sites excluding steroid dienone is 3. The van der Waals surface area contributed by atoms with Gasteiger partial charge in [0.1, 0.15) is 11.1 Å². The van der Waals surface area contributed by atoms with Gasteiger partial charge in [-0.05, 0) is 12.5 Å². The summed E-state index contributed by atoms with van der Waals surface area (Å²) in [6.45, 7) is 7.46. The Morgan fingerprint density at radius 3 is 2.50 bits per heavy atom. The van der Waals surface area contributed by atoms with Crippen molar-refractivity contribution >= 4 is 13.2 Å². The molecule has 1 aromatic rings. The molecule has 0 amide bonds. The maximum Gasteiger partial charge on any atom is 0.233 e. The van der Waals surface area contributed by atoms with Gasteiger partial charge in [0.05, 0.1) is 6.66 Å². The van der Waals surface area contributed by atoms with Crippen LogP contribution in [0.4, 0.5) is 0 Å². The molecule has 0 aliphatic carbocycles. The van der Waals surface area contributed by atoms with E-state index in [-0.39, 0.29) is 5.75 Å². The number of phenolic OH excluding ortho intramolecular Hbond substituents is 1. The molecule has 4 heteroatoms. The number of rotatable bonds is 5. The Morgan fingerprint density at radius 1 is 1.44 bits per heavy atom. The summed E-state index contributed by atoms with van der Waals surface area (Å²) >= 11 is 0. The highest BCUT2D eigenvalue weighted by Crippen LogP contribution is 2.55. The lowest BCUT2D eigenvalue weighted by molar-refractivity contribution is 0.473. The number of hydrogen-bond acceptors (Lipinski definition) is 3. The summed E-state index contributed by atoms with van der Waals surface area (Å²) in [5.74, 6) is 0.175. The van der Waals surface area contributed by atoms with Crippen LogP contribution in [0.25, 0.3) is 5.57 Å². The second-order valence-electron chi connectivity index (χ2n) is 4.36. The highest BCUT2D eigenvalue weighted by atomic mass is 31.2. The van der Waals surface area contributed by atoms with Crippen molar-refractivity contribution in [3.63, 3.8) is 0 Å². The van der Waals surface area contributed by atoms with E-state index in [4.69, 9.17) is 5.50 Å². The second kappa shape index (κ2) is 6.14. The van der Waals surface area contributed by atoms with Gasteiger partial charge < -0.3 is 5.11 Å². The fraction of sp³-hybridized carbons (Fsp3) is 0.286. The third-order valence-corrected chi connectivity index (χ3v) is 4.30. The molecule has 4 N–H and O–H groups in total. The smallest absolute Gasteiger partial charge is 0.233 e. The minimum atomic E-state index is -2.60. The molecule has 0 aromatic heterocycles. The largest absolute Gasteiger partial charge is 0.507 e. The van der Waals surface area contributed by atoms with Crippen molar-refractivity contribution in [2.45, 2.75) is 19.8 Å². The molecule has 1 rings (SSSR count). The molecule has 98 valence electrons. The lowest BCUT2D eigenvalue weighted by Crippen LogP contribution is -2.06. The van der Waals surface area contributed by atoms with Gasteiger partial charge in [0.15, 0.2) is 0 Å². The van der Waals surface area contributed by atoms with Crippen molar-refractivity contribution in [2.75, 3.05) is 6.66 Å². The number of hydrogen-bond donors (Lipinski definition) is 3. The molecule has 1 atom stereocenters. The van der Waals surface area contributed by atoms with Crippen LogP contribution in [0.5, 0.6) is 5.75 Å². The van der Waals surface area contributed by atoms with Crippen molar-refractivity contribution in [1.82, 2.24) is 0 Å². The zero-order chi connectivity index (χ0) is 13.8. The van der Waals surface area contributed by atoms with Crippen molar-refractivity contribution < 1.29 is 10.00 Å². The number of para-hydroxylation sites is 1. The summed E-state index contributed by atoms with van der Waals surface area (Å²) in [6, 6.07) is 7.02. The SMILES string of the molecule is C=C/C(=C(\CCC)[P+](C)(N)O)c1ccccc1O. The predicted molar refractivity (Wildman–Crippen MR) is 79.4 cm³/mol. The molecule has 0 saturated carbocycles.